The van der Waals surface area contributed by atoms with E-state index in [9.17, 15) is 9.18 Å². The lowest BCUT2D eigenvalue weighted by molar-refractivity contribution is -0.138. The highest BCUT2D eigenvalue weighted by atomic mass is 19.1. The van der Waals surface area contributed by atoms with Gasteiger partial charge in [-0.05, 0) is 30.2 Å². The number of esters is 1. The van der Waals surface area contributed by atoms with Crippen LogP contribution in [0.15, 0.2) is 29.8 Å². The zero-order valence-corrected chi connectivity index (χ0v) is 10.1. The molecule has 0 bridgehead atoms. The van der Waals surface area contributed by atoms with Gasteiger partial charge in [-0.3, -0.25) is 0 Å². The van der Waals surface area contributed by atoms with Crippen LogP contribution in [0.2, 0.25) is 0 Å². The fourth-order valence-electron chi connectivity index (χ4n) is 1.29. The standard InChI is InChI=1S/C14H14FNO2/c1-2-3-7-18-14(17)12(10-16)8-11-5-4-6-13(15)9-11/h4-6,8-9H,2-3,7H2,1H3. The second-order valence-electron chi connectivity index (χ2n) is 3.71. The Morgan fingerprint density at radius 1 is 1.56 bits per heavy atom. The molecule has 3 nitrogen and oxygen atoms in total. The first kappa shape index (κ1) is 13.9. The van der Waals surface area contributed by atoms with Crippen LogP contribution in [-0.2, 0) is 9.53 Å². The summed E-state index contributed by atoms with van der Waals surface area (Å²) in [5, 5.41) is 8.87. The molecule has 0 saturated carbocycles. The minimum absolute atomic E-state index is 0.128. The van der Waals surface area contributed by atoms with Crippen molar-refractivity contribution >= 4 is 12.0 Å². The van der Waals surface area contributed by atoms with Gasteiger partial charge in [0.05, 0.1) is 6.61 Å². The number of rotatable bonds is 5. The summed E-state index contributed by atoms with van der Waals surface area (Å²) in [5.41, 5.74) is 0.329. The molecule has 18 heavy (non-hydrogen) atoms. The third-order valence-corrected chi connectivity index (χ3v) is 2.23. The first-order chi connectivity index (χ1) is 8.67. The minimum atomic E-state index is -0.671. The molecule has 0 atom stereocenters. The summed E-state index contributed by atoms with van der Waals surface area (Å²) in [4.78, 5) is 11.5. The molecule has 0 aliphatic heterocycles. The van der Waals surface area contributed by atoms with Crippen molar-refractivity contribution in [3.8, 4) is 6.07 Å². The van der Waals surface area contributed by atoms with Crippen molar-refractivity contribution in [3.63, 3.8) is 0 Å². The molecule has 0 amide bonds. The number of hydrogen-bond acceptors (Lipinski definition) is 3. The molecule has 1 aromatic rings. The number of unbranched alkanes of at least 4 members (excludes halogenated alkanes) is 1. The molecule has 4 heteroatoms. The Morgan fingerprint density at radius 2 is 2.33 bits per heavy atom. The van der Waals surface area contributed by atoms with Gasteiger partial charge < -0.3 is 4.74 Å². The van der Waals surface area contributed by atoms with Crippen molar-refractivity contribution in [2.75, 3.05) is 6.61 Å². The van der Waals surface area contributed by atoms with Crippen molar-refractivity contribution in [2.45, 2.75) is 19.8 Å². The maximum absolute atomic E-state index is 12.9. The van der Waals surface area contributed by atoms with Gasteiger partial charge in [0.15, 0.2) is 0 Å². The van der Waals surface area contributed by atoms with Crippen LogP contribution < -0.4 is 0 Å². The molecule has 0 aliphatic rings. The van der Waals surface area contributed by atoms with Crippen LogP contribution in [0.5, 0.6) is 0 Å². The van der Waals surface area contributed by atoms with Gasteiger partial charge in [-0.25, -0.2) is 9.18 Å². The van der Waals surface area contributed by atoms with Gasteiger partial charge in [0.2, 0.25) is 0 Å². The highest BCUT2D eigenvalue weighted by molar-refractivity contribution is 5.97. The van der Waals surface area contributed by atoms with Crippen molar-refractivity contribution < 1.29 is 13.9 Å². The van der Waals surface area contributed by atoms with E-state index in [4.69, 9.17) is 10.00 Å². The van der Waals surface area contributed by atoms with Gasteiger partial charge in [-0.1, -0.05) is 25.5 Å². The molecular formula is C14H14FNO2. The maximum atomic E-state index is 12.9. The molecule has 1 rings (SSSR count). The molecule has 0 saturated heterocycles. The number of benzene rings is 1. The zero-order valence-electron chi connectivity index (χ0n) is 10.1. The first-order valence-corrected chi connectivity index (χ1v) is 5.72. The van der Waals surface area contributed by atoms with Crippen molar-refractivity contribution in [1.29, 1.82) is 5.26 Å². The fraction of sp³-hybridized carbons (Fsp3) is 0.286. The number of halogens is 1. The highest BCUT2D eigenvalue weighted by Gasteiger charge is 2.10. The normalized spacial score (nSPS) is 10.8. The Kier molecular flexibility index (Phi) is 5.59. The van der Waals surface area contributed by atoms with Crippen molar-refractivity contribution in [1.82, 2.24) is 0 Å². The third kappa shape index (κ3) is 4.38. The average Bonchev–Trinajstić information content (AvgIpc) is 2.36. The third-order valence-electron chi connectivity index (χ3n) is 2.23. The smallest absolute Gasteiger partial charge is 0.348 e. The van der Waals surface area contributed by atoms with Gasteiger partial charge >= 0.3 is 5.97 Å². The van der Waals surface area contributed by atoms with Crippen molar-refractivity contribution in [2.24, 2.45) is 0 Å². The molecule has 0 N–H and O–H groups in total. The van der Waals surface area contributed by atoms with Crippen LogP contribution in [0, 0.1) is 17.1 Å². The van der Waals surface area contributed by atoms with E-state index in [1.807, 2.05) is 6.92 Å². The zero-order chi connectivity index (χ0) is 13.4. The van der Waals surface area contributed by atoms with Gasteiger partial charge in [0, 0.05) is 0 Å². The Morgan fingerprint density at radius 3 is 2.94 bits per heavy atom. The second-order valence-corrected chi connectivity index (χ2v) is 3.71. The fourth-order valence-corrected chi connectivity index (χ4v) is 1.29. The van der Waals surface area contributed by atoms with E-state index in [2.05, 4.69) is 0 Å². The van der Waals surface area contributed by atoms with Crippen LogP contribution in [0.25, 0.3) is 6.08 Å². The van der Waals surface area contributed by atoms with E-state index in [0.29, 0.717) is 5.56 Å². The summed E-state index contributed by atoms with van der Waals surface area (Å²) in [6.07, 6.45) is 2.98. The topological polar surface area (TPSA) is 50.1 Å². The molecule has 0 spiro atoms. The molecule has 0 unspecified atom stereocenters. The Labute approximate surface area is 105 Å². The monoisotopic (exact) mass is 247 g/mol. The summed E-state index contributed by atoms with van der Waals surface area (Å²) in [5.74, 6) is -1.09. The van der Waals surface area contributed by atoms with Crippen LogP contribution >= 0.6 is 0 Å². The number of nitrogens with zero attached hydrogens (tertiary/aromatic N) is 1. The van der Waals surface area contributed by atoms with Crippen LogP contribution in [0.3, 0.4) is 0 Å². The molecule has 0 aliphatic carbocycles. The molecule has 1 aromatic carbocycles. The largest absolute Gasteiger partial charge is 0.462 e. The number of ether oxygens (including phenoxy) is 1. The van der Waals surface area contributed by atoms with E-state index in [-0.39, 0.29) is 12.2 Å². The Hall–Kier alpha value is -2.15. The SMILES string of the molecule is CCCCOC(=O)C(C#N)=Cc1cccc(F)c1. The lowest BCUT2D eigenvalue weighted by Gasteiger charge is -2.02. The van der Waals surface area contributed by atoms with E-state index >= 15 is 0 Å². The van der Waals surface area contributed by atoms with Gasteiger partial charge in [0.25, 0.3) is 0 Å². The number of hydrogen-bond donors (Lipinski definition) is 0. The molecule has 94 valence electrons. The van der Waals surface area contributed by atoms with E-state index in [1.54, 1.807) is 12.1 Å². The Balaban J connectivity index is 2.77. The first-order valence-electron chi connectivity index (χ1n) is 5.72. The molecular weight excluding hydrogens is 233 g/mol. The summed E-state index contributed by atoms with van der Waals surface area (Å²) < 4.78 is 17.9. The van der Waals surface area contributed by atoms with E-state index in [1.165, 1.54) is 24.3 Å². The summed E-state index contributed by atoms with van der Waals surface area (Å²) >= 11 is 0. The lowest BCUT2D eigenvalue weighted by atomic mass is 10.1. The van der Waals surface area contributed by atoms with Crippen LogP contribution in [0.4, 0.5) is 4.39 Å². The quantitative estimate of drug-likeness (QED) is 0.348. The number of carbonyl (C=O) groups excluding carboxylic acids is 1. The van der Waals surface area contributed by atoms with E-state index < -0.39 is 11.8 Å². The maximum Gasteiger partial charge on any atom is 0.348 e. The molecule has 0 fully saturated rings. The summed E-state index contributed by atoms with van der Waals surface area (Å²) in [6.45, 7) is 2.26. The summed E-state index contributed by atoms with van der Waals surface area (Å²) in [7, 11) is 0. The van der Waals surface area contributed by atoms with Crippen LogP contribution in [-0.4, -0.2) is 12.6 Å². The van der Waals surface area contributed by atoms with Crippen molar-refractivity contribution in [3.05, 3.63) is 41.2 Å². The van der Waals surface area contributed by atoms with Crippen LogP contribution in [0.1, 0.15) is 25.3 Å². The Bertz CT molecular complexity index is 489. The predicted molar refractivity (Wildman–Crippen MR) is 65.9 cm³/mol. The number of nitriles is 1. The lowest BCUT2D eigenvalue weighted by Crippen LogP contribution is -2.07. The molecule has 0 heterocycles. The van der Waals surface area contributed by atoms with E-state index in [0.717, 1.165) is 12.8 Å². The predicted octanol–water partition coefficient (Wildman–Crippen LogP) is 3.08. The van der Waals surface area contributed by atoms with Gasteiger partial charge in [-0.2, -0.15) is 5.26 Å². The average molecular weight is 247 g/mol. The van der Waals surface area contributed by atoms with Gasteiger partial charge in [0.1, 0.15) is 17.5 Å². The van der Waals surface area contributed by atoms with Gasteiger partial charge in [-0.15, -0.1) is 0 Å². The number of carbonyl (C=O) groups is 1. The molecule has 0 radical (unpaired) electrons. The highest BCUT2D eigenvalue weighted by Crippen LogP contribution is 2.10. The minimum Gasteiger partial charge on any atom is -0.462 e. The molecule has 0 aromatic heterocycles. The second kappa shape index (κ2) is 7.23. The summed E-state index contributed by atoms with van der Waals surface area (Å²) in [6, 6.07) is 7.43.